The number of non-ortho nitro benzene ring substituents is 1. The van der Waals surface area contributed by atoms with E-state index in [1.54, 1.807) is 13.0 Å². The largest absolute Gasteiger partial charge is 0.508 e. The van der Waals surface area contributed by atoms with Crippen LogP contribution < -0.4 is 0 Å². The van der Waals surface area contributed by atoms with E-state index >= 15 is 0 Å². The number of phenols is 1. The lowest BCUT2D eigenvalue weighted by Gasteiger charge is -2.04. The molecule has 0 saturated heterocycles. The van der Waals surface area contributed by atoms with Crippen molar-refractivity contribution in [3.8, 4) is 5.75 Å². The van der Waals surface area contributed by atoms with Crippen LogP contribution in [0.2, 0.25) is 0 Å². The number of ketones is 1. The van der Waals surface area contributed by atoms with E-state index in [0.29, 0.717) is 16.7 Å². The van der Waals surface area contributed by atoms with Crippen LogP contribution in [0.4, 0.5) is 5.69 Å². The van der Waals surface area contributed by atoms with Crippen molar-refractivity contribution in [1.82, 2.24) is 0 Å². The highest BCUT2D eigenvalue weighted by molar-refractivity contribution is 6.09. The van der Waals surface area contributed by atoms with Crippen molar-refractivity contribution in [1.29, 1.82) is 0 Å². The SMILES string of the molecule is Cc1cc(C(=O)c2ccc([N+](=O)[O-])cc2)ccc1O. The predicted molar refractivity (Wildman–Crippen MR) is 69.4 cm³/mol. The van der Waals surface area contributed by atoms with Crippen molar-refractivity contribution in [2.45, 2.75) is 6.92 Å². The summed E-state index contributed by atoms with van der Waals surface area (Å²) in [5, 5.41) is 19.9. The first-order chi connectivity index (χ1) is 8.99. The summed E-state index contributed by atoms with van der Waals surface area (Å²) in [6, 6.07) is 9.98. The van der Waals surface area contributed by atoms with Gasteiger partial charge in [0, 0.05) is 23.3 Å². The Morgan fingerprint density at radius 2 is 1.68 bits per heavy atom. The fourth-order valence-electron chi connectivity index (χ4n) is 1.70. The standard InChI is InChI=1S/C14H11NO4/c1-9-8-11(4-7-13(9)16)14(17)10-2-5-12(6-3-10)15(18)19/h2-8,16H,1H3. The Bertz CT molecular complexity index is 647. The van der Waals surface area contributed by atoms with Crippen LogP contribution in [0.15, 0.2) is 42.5 Å². The summed E-state index contributed by atoms with van der Waals surface area (Å²) < 4.78 is 0. The molecule has 0 bridgehead atoms. The van der Waals surface area contributed by atoms with Gasteiger partial charge in [0.25, 0.3) is 5.69 Å². The average Bonchev–Trinajstić information content (AvgIpc) is 2.41. The van der Waals surface area contributed by atoms with Crippen LogP contribution in [0.1, 0.15) is 21.5 Å². The minimum atomic E-state index is -0.515. The molecular weight excluding hydrogens is 246 g/mol. The van der Waals surface area contributed by atoms with Gasteiger partial charge in [0.2, 0.25) is 0 Å². The third-order valence-electron chi connectivity index (χ3n) is 2.80. The monoisotopic (exact) mass is 257 g/mol. The number of nitro benzene ring substituents is 1. The molecule has 2 rings (SSSR count). The van der Waals surface area contributed by atoms with Gasteiger partial charge in [-0.05, 0) is 42.8 Å². The van der Waals surface area contributed by atoms with Crippen molar-refractivity contribution >= 4 is 11.5 Å². The molecule has 0 atom stereocenters. The van der Waals surface area contributed by atoms with Crippen LogP contribution >= 0.6 is 0 Å². The fourth-order valence-corrected chi connectivity index (χ4v) is 1.70. The Morgan fingerprint density at radius 1 is 1.11 bits per heavy atom. The van der Waals surface area contributed by atoms with Crippen molar-refractivity contribution < 1.29 is 14.8 Å². The van der Waals surface area contributed by atoms with Gasteiger partial charge in [-0.3, -0.25) is 14.9 Å². The second-order valence-electron chi connectivity index (χ2n) is 4.13. The summed E-state index contributed by atoms with van der Waals surface area (Å²) in [6.07, 6.45) is 0. The number of aromatic hydroxyl groups is 1. The second kappa shape index (κ2) is 4.89. The van der Waals surface area contributed by atoms with Gasteiger partial charge < -0.3 is 5.11 Å². The molecule has 1 N–H and O–H groups in total. The van der Waals surface area contributed by atoms with Crippen molar-refractivity contribution in [3.05, 3.63) is 69.3 Å². The summed E-state index contributed by atoms with van der Waals surface area (Å²) in [5.74, 6) is -0.113. The molecule has 0 aliphatic carbocycles. The topological polar surface area (TPSA) is 80.4 Å². The second-order valence-corrected chi connectivity index (χ2v) is 4.13. The highest BCUT2D eigenvalue weighted by Crippen LogP contribution is 2.20. The quantitative estimate of drug-likeness (QED) is 0.520. The molecule has 5 nitrogen and oxygen atoms in total. The van der Waals surface area contributed by atoms with Gasteiger partial charge in [0.15, 0.2) is 5.78 Å². The van der Waals surface area contributed by atoms with E-state index in [9.17, 15) is 20.0 Å². The van der Waals surface area contributed by atoms with Gasteiger partial charge in [-0.25, -0.2) is 0 Å². The molecule has 0 unspecified atom stereocenters. The predicted octanol–water partition coefficient (Wildman–Crippen LogP) is 2.84. The normalized spacial score (nSPS) is 10.2. The smallest absolute Gasteiger partial charge is 0.269 e. The molecule has 0 radical (unpaired) electrons. The summed E-state index contributed by atoms with van der Waals surface area (Å²) in [7, 11) is 0. The zero-order chi connectivity index (χ0) is 14.0. The van der Waals surface area contributed by atoms with Crippen molar-refractivity contribution in [3.63, 3.8) is 0 Å². The van der Waals surface area contributed by atoms with E-state index in [2.05, 4.69) is 0 Å². The van der Waals surface area contributed by atoms with E-state index in [1.807, 2.05) is 0 Å². The first-order valence-electron chi connectivity index (χ1n) is 5.58. The molecule has 0 spiro atoms. The van der Waals surface area contributed by atoms with Crippen LogP contribution in [0.25, 0.3) is 0 Å². The number of rotatable bonds is 3. The van der Waals surface area contributed by atoms with Crippen LogP contribution in [-0.2, 0) is 0 Å². The summed E-state index contributed by atoms with van der Waals surface area (Å²) in [4.78, 5) is 22.2. The minimum absolute atomic E-state index is 0.0570. The molecule has 0 amide bonds. The molecule has 0 heterocycles. The number of carbonyl (C=O) groups excluding carboxylic acids is 1. The Hall–Kier alpha value is -2.69. The number of hydrogen-bond acceptors (Lipinski definition) is 4. The molecule has 19 heavy (non-hydrogen) atoms. The maximum atomic E-state index is 12.1. The molecule has 2 aromatic rings. The maximum Gasteiger partial charge on any atom is 0.269 e. The zero-order valence-corrected chi connectivity index (χ0v) is 10.2. The number of nitro groups is 1. The Labute approximate surface area is 109 Å². The first kappa shape index (κ1) is 12.8. The van der Waals surface area contributed by atoms with E-state index in [4.69, 9.17) is 0 Å². The Balaban J connectivity index is 2.33. The summed E-state index contributed by atoms with van der Waals surface area (Å²) >= 11 is 0. The summed E-state index contributed by atoms with van der Waals surface area (Å²) in [5.41, 5.74) is 1.35. The molecule has 5 heteroatoms. The lowest BCUT2D eigenvalue weighted by atomic mass is 10.0. The van der Waals surface area contributed by atoms with E-state index in [1.165, 1.54) is 36.4 Å². The Morgan fingerprint density at radius 3 is 2.21 bits per heavy atom. The van der Waals surface area contributed by atoms with Crippen LogP contribution in [0.3, 0.4) is 0 Å². The highest BCUT2D eigenvalue weighted by atomic mass is 16.6. The van der Waals surface area contributed by atoms with Gasteiger partial charge in [-0.15, -0.1) is 0 Å². The highest BCUT2D eigenvalue weighted by Gasteiger charge is 2.12. The van der Waals surface area contributed by atoms with Gasteiger partial charge in [0.05, 0.1) is 4.92 Å². The number of phenolic OH excluding ortho intramolecular Hbond substituents is 1. The molecule has 96 valence electrons. The number of hydrogen-bond donors (Lipinski definition) is 1. The van der Waals surface area contributed by atoms with Crippen molar-refractivity contribution in [2.75, 3.05) is 0 Å². The minimum Gasteiger partial charge on any atom is -0.508 e. The van der Waals surface area contributed by atoms with E-state index < -0.39 is 4.92 Å². The van der Waals surface area contributed by atoms with E-state index in [0.717, 1.165) is 0 Å². The maximum absolute atomic E-state index is 12.1. The molecule has 0 aromatic heterocycles. The van der Waals surface area contributed by atoms with Gasteiger partial charge >= 0.3 is 0 Å². The van der Waals surface area contributed by atoms with Gasteiger partial charge in [0.1, 0.15) is 5.75 Å². The summed E-state index contributed by atoms with van der Waals surface area (Å²) in [6.45, 7) is 1.70. The van der Waals surface area contributed by atoms with Crippen molar-refractivity contribution in [2.24, 2.45) is 0 Å². The third-order valence-corrected chi connectivity index (χ3v) is 2.80. The fraction of sp³-hybridized carbons (Fsp3) is 0.0714. The molecule has 2 aromatic carbocycles. The molecular formula is C14H11NO4. The molecule has 0 aliphatic heterocycles. The molecule has 0 saturated carbocycles. The lowest BCUT2D eigenvalue weighted by Crippen LogP contribution is -2.01. The molecule has 0 fully saturated rings. The lowest BCUT2D eigenvalue weighted by molar-refractivity contribution is -0.384. The number of benzene rings is 2. The molecule has 0 aliphatic rings. The van der Waals surface area contributed by atoms with Gasteiger partial charge in [-0.1, -0.05) is 0 Å². The third kappa shape index (κ3) is 2.60. The van der Waals surface area contributed by atoms with E-state index in [-0.39, 0.29) is 17.2 Å². The zero-order valence-electron chi connectivity index (χ0n) is 10.2. The van der Waals surface area contributed by atoms with Gasteiger partial charge in [-0.2, -0.15) is 0 Å². The number of nitrogens with zero attached hydrogens (tertiary/aromatic N) is 1. The van der Waals surface area contributed by atoms with Crippen LogP contribution in [-0.4, -0.2) is 15.8 Å². The average molecular weight is 257 g/mol. The first-order valence-corrected chi connectivity index (χ1v) is 5.58. The van der Waals surface area contributed by atoms with Crippen LogP contribution in [0.5, 0.6) is 5.75 Å². The number of carbonyl (C=O) groups is 1. The number of aryl methyl sites for hydroxylation is 1. The van der Waals surface area contributed by atoms with Crippen LogP contribution in [0, 0.1) is 17.0 Å². The Kier molecular flexibility index (Phi) is 3.29.